The molecule has 0 spiro atoms. The third-order valence-corrected chi connectivity index (χ3v) is 5.22. The number of benzene rings is 2. The fourth-order valence-corrected chi connectivity index (χ4v) is 3.19. The molecule has 14 nitrogen and oxygen atoms in total. The van der Waals surface area contributed by atoms with Gasteiger partial charge in [-0.3, -0.25) is 0 Å². The highest BCUT2D eigenvalue weighted by Gasteiger charge is 2.17. The molecule has 6 N–H and O–H groups in total. The Morgan fingerprint density at radius 3 is 1.41 bits per heavy atom. The number of unbranched alkanes of at least 4 members (excludes halogenated alkanes) is 1. The Kier molecular flexibility index (Phi) is 10.0. The second-order valence-electron chi connectivity index (χ2n) is 8.30. The fraction of sp³-hybridized carbons (Fsp3) is 0.148. The number of hydrogen-bond donors (Lipinski definition) is 6. The van der Waals surface area contributed by atoms with Crippen molar-refractivity contribution in [3.63, 3.8) is 0 Å². The van der Waals surface area contributed by atoms with Crippen LogP contribution in [0.1, 0.15) is 30.9 Å². The van der Waals surface area contributed by atoms with E-state index in [2.05, 4.69) is 25.6 Å². The zero-order chi connectivity index (χ0) is 29.9. The van der Waals surface area contributed by atoms with E-state index in [4.69, 9.17) is 25.2 Å². The number of hydrogen-bond acceptors (Lipinski definition) is 10. The zero-order valence-corrected chi connectivity index (χ0v) is 21.6. The summed E-state index contributed by atoms with van der Waals surface area (Å²) in [5.41, 5.74) is 0.176. The van der Waals surface area contributed by atoms with E-state index in [1.807, 2.05) is 6.92 Å². The number of aromatic nitrogens is 3. The minimum atomic E-state index is -1.56. The standard InChI is InChI=1S/C27H25N5O9/c1-2-3-12-41-27-31-25(28-17-8-4-15(5-9-17)13-19(21(33)34)22(35)36)30-26(32-27)29-18-10-6-16(7-11-18)14-20(23(37)38)24(39)40/h4-11,13-14H,2-3,12H2,1H3,(H,33,34)(H,35,36)(H,37,38)(H,39,40)(H2,28,29,30,31,32). The predicted octanol–water partition coefficient (Wildman–Crippen LogP) is 3.64. The second kappa shape index (κ2) is 13.8. The molecule has 3 rings (SSSR count). The van der Waals surface area contributed by atoms with Crippen LogP contribution in [0.3, 0.4) is 0 Å². The van der Waals surface area contributed by atoms with Crippen LogP contribution in [0.15, 0.2) is 59.7 Å². The Balaban J connectivity index is 1.83. The van der Waals surface area contributed by atoms with Gasteiger partial charge in [0.25, 0.3) is 0 Å². The molecule has 0 saturated heterocycles. The van der Waals surface area contributed by atoms with Gasteiger partial charge in [-0.1, -0.05) is 37.6 Å². The molecule has 0 unspecified atom stereocenters. The van der Waals surface area contributed by atoms with Crippen molar-refractivity contribution in [2.45, 2.75) is 19.8 Å². The average Bonchev–Trinajstić information content (AvgIpc) is 2.91. The maximum absolute atomic E-state index is 11.1. The second-order valence-corrected chi connectivity index (χ2v) is 8.30. The number of nitrogens with one attached hydrogen (secondary N) is 2. The van der Waals surface area contributed by atoms with Gasteiger partial charge < -0.3 is 35.8 Å². The molecular formula is C27H25N5O9. The number of carbonyl (C=O) groups is 4. The van der Waals surface area contributed by atoms with Gasteiger partial charge in [0.05, 0.1) is 6.61 Å². The van der Waals surface area contributed by atoms with E-state index in [-0.39, 0.29) is 17.9 Å². The van der Waals surface area contributed by atoms with Gasteiger partial charge in [0.1, 0.15) is 11.1 Å². The Hall–Kier alpha value is -5.79. The summed E-state index contributed by atoms with van der Waals surface area (Å²) in [6.07, 6.45) is 3.72. The van der Waals surface area contributed by atoms with Crippen molar-refractivity contribution < 1.29 is 44.3 Å². The van der Waals surface area contributed by atoms with Crippen LogP contribution < -0.4 is 15.4 Å². The van der Waals surface area contributed by atoms with Crippen molar-refractivity contribution in [2.24, 2.45) is 0 Å². The first-order valence-electron chi connectivity index (χ1n) is 12.0. The Bertz CT molecular complexity index is 1360. The molecule has 0 saturated carbocycles. The van der Waals surface area contributed by atoms with Crippen molar-refractivity contribution in [2.75, 3.05) is 17.2 Å². The molecule has 2 aromatic carbocycles. The lowest BCUT2D eigenvalue weighted by atomic mass is 10.1. The molecule has 3 aromatic rings. The van der Waals surface area contributed by atoms with Crippen LogP contribution in [-0.4, -0.2) is 65.9 Å². The predicted molar refractivity (Wildman–Crippen MR) is 146 cm³/mol. The van der Waals surface area contributed by atoms with Crippen molar-refractivity contribution in [1.29, 1.82) is 0 Å². The summed E-state index contributed by atoms with van der Waals surface area (Å²) in [5.74, 6) is -6.01. The van der Waals surface area contributed by atoms with E-state index < -0.39 is 35.0 Å². The summed E-state index contributed by atoms with van der Waals surface area (Å²) in [5, 5.41) is 42.1. The van der Waals surface area contributed by atoms with Crippen LogP contribution >= 0.6 is 0 Å². The third kappa shape index (κ3) is 8.88. The molecule has 0 bridgehead atoms. The third-order valence-electron chi connectivity index (χ3n) is 5.22. The first kappa shape index (κ1) is 29.8. The number of carboxylic acid groups (broad SMARTS) is 4. The molecule has 1 aromatic heterocycles. The molecule has 212 valence electrons. The lowest BCUT2D eigenvalue weighted by Crippen LogP contribution is -2.10. The smallest absolute Gasteiger partial charge is 0.343 e. The lowest BCUT2D eigenvalue weighted by Gasteiger charge is -2.11. The number of nitrogens with zero attached hydrogens (tertiary/aromatic N) is 3. The maximum atomic E-state index is 11.1. The molecular weight excluding hydrogens is 538 g/mol. The quantitative estimate of drug-likeness (QED) is 0.0713. The first-order valence-corrected chi connectivity index (χ1v) is 12.0. The largest absolute Gasteiger partial charge is 0.477 e. The molecule has 41 heavy (non-hydrogen) atoms. The Morgan fingerprint density at radius 2 is 1.07 bits per heavy atom. The molecule has 0 aliphatic heterocycles. The van der Waals surface area contributed by atoms with Crippen LogP contribution in [0, 0.1) is 0 Å². The Morgan fingerprint density at radius 1 is 0.683 bits per heavy atom. The molecule has 0 radical (unpaired) electrons. The highest BCUT2D eigenvalue weighted by molar-refractivity contribution is 6.16. The van der Waals surface area contributed by atoms with Gasteiger partial charge in [-0.25, -0.2) is 19.2 Å². The number of aliphatic carboxylic acids is 4. The molecule has 1 heterocycles. The van der Waals surface area contributed by atoms with Gasteiger partial charge in [-0.05, 0) is 54.0 Å². The molecule has 0 aliphatic carbocycles. The van der Waals surface area contributed by atoms with E-state index in [1.54, 1.807) is 24.3 Å². The zero-order valence-electron chi connectivity index (χ0n) is 21.6. The van der Waals surface area contributed by atoms with E-state index in [9.17, 15) is 19.2 Å². The van der Waals surface area contributed by atoms with Gasteiger partial charge in [-0.2, -0.15) is 15.0 Å². The number of anilines is 4. The monoisotopic (exact) mass is 563 g/mol. The summed E-state index contributed by atoms with van der Waals surface area (Å²) in [6.45, 7) is 2.37. The first-order chi connectivity index (χ1) is 19.5. The van der Waals surface area contributed by atoms with Crippen LogP contribution in [0.2, 0.25) is 0 Å². The minimum absolute atomic E-state index is 0.0395. The van der Waals surface area contributed by atoms with E-state index >= 15 is 0 Å². The van der Waals surface area contributed by atoms with Crippen LogP contribution in [0.5, 0.6) is 6.01 Å². The van der Waals surface area contributed by atoms with Crippen molar-refractivity contribution in [3.8, 4) is 6.01 Å². The minimum Gasteiger partial charge on any atom is -0.477 e. The van der Waals surface area contributed by atoms with Crippen LogP contribution in [-0.2, 0) is 19.2 Å². The summed E-state index contributed by atoms with van der Waals surface area (Å²) >= 11 is 0. The summed E-state index contributed by atoms with van der Waals surface area (Å²) < 4.78 is 5.64. The highest BCUT2D eigenvalue weighted by atomic mass is 16.5. The Labute approximate surface area is 232 Å². The van der Waals surface area contributed by atoms with Gasteiger partial charge >= 0.3 is 29.9 Å². The van der Waals surface area contributed by atoms with Crippen molar-refractivity contribution in [1.82, 2.24) is 15.0 Å². The summed E-state index contributed by atoms with van der Waals surface area (Å²) in [7, 11) is 0. The van der Waals surface area contributed by atoms with E-state index in [1.165, 1.54) is 24.3 Å². The topological polar surface area (TPSA) is 221 Å². The molecule has 0 fully saturated rings. The summed E-state index contributed by atoms with van der Waals surface area (Å²) in [4.78, 5) is 57.3. The van der Waals surface area contributed by atoms with Gasteiger partial charge in [0, 0.05) is 11.4 Å². The van der Waals surface area contributed by atoms with Crippen LogP contribution in [0.4, 0.5) is 23.3 Å². The SMILES string of the molecule is CCCCOc1nc(Nc2ccc(C=C(C(=O)O)C(=O)O)cc2)nc(Nc2ccc(C=C(C(=O)O)C(=O)O)cc2)n1. The maximum Gasteiger partial charge on any atom is 0.343 e. The van der Waals surface area contributed by atoms with E-state index in [0.717, 1.165) is 25.0 Å². The van der Waals surface area contributed by atoms with E-state index in [0.29, 0.717) is 29.1 Å². The molecule has 0 aliphatic rings. The lowest BCUT2D eigenvalue weighted by molar-refractivity contribution is -0.142. The number of carboxylic acids is 4. The summed E-state index contributed by atoms with van der Waals surface area (Å²) in [6, 6.07) is 12.4. The van der Waals surface area contributed by atoms with Crippen LogP contribution in [0.25, 0.3) is 12.2 Å². The average molecular weight is 564 g/mol. The molecule has 0 atom stereocenters. The molecule has 14 heteroatoms. The fourth-order valence-electron chi connectivity index (χ4n) is 3.19. The van der Waals surface area contributed by atoms with Gasteiger partial charge in [0.15, 0.2) is 0 Å². The number of ether oxygens (including phenoxy) is 1. The molecule has 0 amide bonds. The van der Waals surface area contributed by atoms with Crippen molar-refractivity contribution >= 4 is 59.3 Å². The normalized spacial score (nSPS) is 10.2. The van der Waals surface area contributed by atoms with Gasteiger partial charge in [-0.15, -0.1) is 0 Å². The van der Waals surface area contributed by atoms with Gasteiger partial charge in [0.2, 0.25) is 11.9 Å². The number of rotatable bonds is 14. The highest BCUT2D eigenvalue weighted by Crippen LogP contribution is 2.22. The van der Waals surface area contributed by atoms with Crippen molar-refractivity contribution in [3.05, 3.63) is 70.8 Å².